The van der Waals surface area contributed by atoms with Crippen LogP contribution >= 0.6 is 0 Å². The van der Waals surface area contributed by atoms with Crippen molar-refractivity contribution in [3.05, 3.63) is 0 Å². The predicted molar refractivity (Wildman–Crippen MR) is 66.7 cm³/mol. The molecule has 0 aliphatic carbocycles. The Morgan fingerprint density at radius 3 is 2.44 bits per heavy atom. The molecule has 1 saturated heterocycles. The number of hydrogen-bond donors (Lipinski definition) is 1. The Morgan fingerprint density at radius 1 is 1.38 bits per heavy atom. The highest BCUT2D eigenvalue weighted by Crippen LogP contribution is 2.37. The third-order valence-corrected chi connectivity index (χ3v) is 3.18. The second-order valence-corrected chi connectivity index (χ2v) is 5.90. The molecule has 0 spiro atoms. The Labute approximate surface area is 99.9 Å². The molecule has 1 N–H and O–H groups in total. The van der Waals surface area contributed by atoms with Gasteiger partial charge in [0, 0.05) is 19.2 Å². The van der Waals surface area contributed by atoms with Crippen LogP contribution in [0.2, 0.25) is 0 Å². The molecule has 1 aliphatic heterocycles. The Morgan fingerprint density at radius 2 is 2.00 bits per heavy atom. The van der Waals surface area contributed by atoms with Crippen LogP contribution in [-0.2, 0) is 9.47 Å². The van der Waals surface area contributed by atoms with Crippen LogP contribution in [0.15, 0.2) is 0 Å². The van der Waals surface area contributed by atoms with Crippen LogP contribution in [0, 0.1) is 0 Å². The molecule has 0 aromatic rings. The predicted octanol–water partition coefficient (Wildman–Crippen LogP) is 2.35. The first-order chi connectivity index (χ1) is 7.27. The van der Waals surface area contributed by atoms with Gasteiger partial charge >= 0.3 is 0 Å². The Balaban J connectivity index is 2.42. The van der Waals surface area contributed by atoms with E-state index in [9.17, 15) is 0 Å². The fourth-order valence-corrected chi connectivity index (χ4v) is 2.53. The van der Waals surface area contributed by atoms with Crippen LogP contribution < -0.4 is 5.32 Å². The van der Waals surface area contributed by atoms with Gasteiger partial charge in [-0.2, -0.15) is 0 Å². The first-order valence-electron chi connectivity index (χ1n) is 6.32. The maximum atomic E-state index is 6.04. The molecule has 1 aliphatic rings. The van der Waals surface area contributed by atoms with Gasteiger partial charge in [0.2, 0.25) is 0 Å². The third-order valence-electron chi connectivity index (χ3n) is 3.18. The minimum atomic E-state index is -0.0879. The average molecular weight is 229 g/mol. The fourth-order valence-electron chi connectivity index (χ4n) is 2.53. The topological polar surface area (TPSA) is 30.5 Å². The molecule has 0 saturated carbocycles. The van der Waals surface area contributed by atoms with E-state index >= 15 is 0 Å². The summed E-state index contributed by atoms with van der Waals surface area (Å²) in [5.74, 6) is 0. The second kappa shape index (κ2) is 5.03. The van der Waals surface area contributed by atoms with Crippen molar-refractivity contribution in [3.8, 4) is 0 Å². The summed E-state index contributed by atoms with van der Waals surface area (Å²) in [4.78, 5) is 0. The van der Waals surface area contributed by atoms with Gasteiger partial charge in [0.1, 0.15) is 0 Å². The molecule has 0 amide bonds. The van der Waals surface area contributed by atoms with E-state index in [1.54, 1.807) is 0 Å². The maximum absolute atomic E-state index is 6.04. The summed E-state index contributed by atoms with van der Waals surface area (Å²) in [6.07, 6.45) is 1.32. The third kappa shape index (κ3) is 3.72. The summed E-state index contributed by atoms with van der Waals surface area (Å²) in [6, 6.07) is 0.408. The molecule has 0 radical (unpaired) electrons. The van der Waals surface area contributed by atoms with Gasteiger partial charge in [0.15, 0.2) is 0 Å². The molecule has 3 nitrogen and oxygen atoms in total. The van der Waals surface area contributed by atoms with Gasteiger partial charge in [-0.1, -0.05) is 0 Å². The Bertz CT molecular complexity index is 226. The van der Waals surface area contributed by atoms with E-state index < -0.39 is 0 Å². The molecule has 96 valence electrons. The lowest BCUT2D eigenvalue weighted by Gasteiger charge is -2.28. The van der Waals surface area contributed by atoms with Crippen LogP contribution in [-0.4, -0.2) is 36.5 Å². The lowest BCUT2D eigenvalue weighted by molar-refractivity contribution is -0.0704. The van der Waals surface area contributed by atoms with Crippen LogP contribution in [0.25, 0.3) is 0 Å². The van der Waals surface area contributed by atoms with E-state index in [2.05, 4.69) is 39.9 Å². The molecule has 2 atom stereocenters. The zero-order chi connectivity index (χ0) is 12.4. The number of hydrogen-bond acceptors (Lipinski definition) is 3. The van der Waals surface area contributed by atoms with Gasteiger partial charge in [-0.15, -0.1) is 0 Å². The van der Waals surface area contributed by atoms with E-state index in [0.29, 0.717) is 6.04 Å². The van der Waals surface area contributed by atoms with Crippen molar-refractivity contribution in [2.45, 2.75) is 71.3 Å². The number of ether oxygens (including phenoxy) is 2. The molecule has 1 rings (SSSR count). The van der Waals surface area contributed by atoms with E-state index in [-0.39, 0.29) is 17.3 Å². The first kappa shape index (κ1) is 13.9. The van der Waals surface area contributed by atoms with E-state index in [1.165, 1.54) is 0 Å². The minimum absolute atomic E-state index is 0.0178. The zero-order valence-corrected chi connectivity index (χ0v) is 11.6. The second-order valence-electron chi connectivity index (χ2n) is 5.90. The van der Waals surface area contributed by atoms with Gasteiger partial charge in [0.25, 0.3) is 0 Å². The minimum Gasteiger partial charge on any atom is -0.377 e. The standard InChI is InChI=1S/C13H27NO2/c1-7-15-10(2)9-14-11-8-12(3,4)16-13(11,5)6/h10-11,14H,7-9H2,1-6H3. The summed E-state index contributed by atoms with van der Waals surface area (Å²) >= 11 is 0. The summed E-state index contributed by atoms with van der Waals surface area (Å²) in [5, 5.41) is 3.56. The van der Waals surface area contributed by atoms with Gasteiger partial charge in [-0.3, -0.25) is 0 Å². The van der Waals surface area contributed by atoms with Crippen molar-refractivity contribution in [1.29, 1.82) is 0 Å². The number of rotatable bonds is 5. The van der Waals surface area contributed by atoms with Crippen LogP contribution in [0.1, 0.15) is 48.0 Å². The van der Waals surface area contributed by atoms with Crippen molar-refractivity contribution in [2.75, 3.05) is 13.2 Å². The van der Waals surface area contributed by atoms with Gasteiger partial charge < -0.3 is 14.8 Å². The van der Waals surface area contributed by atoms with Crippen molar-refractivity contribution < 1.29 is 9.47 Å². The summed E-state index contributed by atoms with van der Waals surface area (Å²) < 4.78 is 11.6. The highest BCUT2D eigenvalue weighted by Gasteiger charge is 2.45. The summed E-state index contributed by atoms with van der Waals surface area (Å²) in [7, 11) is 0. The van der Waals surface area contributed by atoms with Gasteiger partial charge in [0.05, 0.1) is 17.3 Å². The smallest absolute Gasteiger partial charge is 0.0787 e. The van der Waals surface area contributed by atoms with Gasteiger partial charge in [-0.25, -0.2) is 0 Å². The summed E-state index contributed by atoms with van der Waals surface area (Å²) in [5.41, 5.74) is -0.106. The zero-order valence-electron chi connectivity index (χ0n) is 11.6. The van der Waals surface area contributed by atoms with Crippen molar-refractivity contribution in [3.63, 3.8) is 0 Å². The highest BCUT2D eigenvalue weighted by atomic mass is 16.5. The molecule has 0 aromatic carbocycles. The monoisotopic (exact) mass is 229 g/mol. The summed E-state index contributed by atoms with van der Waals surface area (Å²) in [6.45, 7) is 14.4. The molecule has 2 unspecified atom stereocenters. The van der Waals surface area contributed by atoms with E-state index in [0.717, 1.165) is 19.6 Å². The van der Waals surface area contributed by atoms with Crippen LogP contribution in [0.3, 0.4) is 0 Å². The molecule has 0 aromatic heterocycles. The quantitative estimate of drug-likeness (QED) is 0.785. The van der Waals surface area contributed by atoms with Gasteiger partial charge in [-0.05, 0) is 48.0 Å². The van der Waals surface area contributed by atoms with Crippen molar-refractivity contribution >= 4 is 0 Å². The maximum Gasteiger partial charge on any atom is 0.0787 e. The Kier molecular flexibility index (Phi) is 4.38. The highest BCUT2D eigenvalue weighted by molar-refractivity contribution is 4.98. The molecule has 3 heteroatoms. The van der Waals surface area contributed by atoms with E-state index in [4.69, 9.17) is 9.47 Å². The lowest BCUT2D eigenvalue weighted by atomic mass is 9.94. The normalized spacial score (nSPS) is 29.2. The SMILES string of the molecule is CCOC(C)CNC1CC(C)(C)OC1(C)C. The average Bonchev–Trinajstić information content (AvgIpc) is 2.31. The molecular weight excluding hydrogens is 202 g/mol. The lowest BCUT2D eigenvalue weighted by Crippen LogP contribution is -2.46. The Hall–Kier alpha value is -0.120. The molecule has 0 bridgehead atoms. The molecule has 1 fully saturated rings. The molecular formula is C13H27NO2. The van der Waals surface area contributed by atoms with Crippen molar-refractivity contribution in [1.82, 2.24) is 5.32 Å². The fraction of sp³-hybridized carbons (Fsp3) is 1.00. The first-order valence-corrected chi connectivity index (χ1v) is 6.32. The van der Waals surface area contributed by atoms with Crippen LogP contribution in [0.4, 0.5) is 0 Å². The van der Waals surface area contributed by atoms with Crippen LogP contribution in [0.5, 0.6) is 0 Å². The molecule has 16 heavy (non-hydrogen) atoms. The largest absolute Gasteiger partial charge is 0.377 e. The van der Waals surface area contributed by atoms with Crippen molar-refractivity contribution in [2.24, 2.45) is 0 Å². The van der Waals surface area contributed by atoms with E-state index in [1.807, 2.05) is 6.92 Å². The molecule has 1 heterocycles. The number of nitrogens with one attached hydrogen (secondary N) is 1.